The van der Waals surface area contributed by atoms with Crippen LogP contribution in [0.5, 0.6) is 5.75 Å². The Morgan fingerprint density at radius 2 is 2.14 bits per heavy atom. The van der Waals surface area contributed by atoms with E-state index in [4.69, 9.17) is 15.2 Å². The monoisotopic (exact) mass is 292 g/mol. The first kappa shape index (κ1) is 16.3. The molecule has 1 aliphatic heterocycles. The van der Waals surface area contributed by atoms with Crippen molar-refractivity contribution in [2.24, 2.45) is 11.7 Å². The van der Waals surface area contributed by atoms with Crippen molar-refractivity contribution in [2.45, 2.75) is 19.3 Å². The van der Waals surface area contributed by atoms with E-state index in [0.717, 1.165) is 45.1 Å². The second kappa shape index (κ2) is 9.03. The van der Waals surface area contributed by atoms with E-state index in [1.54, 1.807) is 0 Å². The Balaban J connectivity index is 1.63. The number of benzene rings is 1. The second-order valence-electron chi connectivity index (χ2n) is 5.88. The average molecular weight is 292 g/mol. The van der Waals surface area contributed by atoms with E-state index in [2.05, 4.69) is 24.1 Å². The molecule has 4 heteroatoms. The lowest BCUT2D eigenvalue weighted by Gasteiger charge is -2.27. The maximum atomic E-state index is 5.79. The lowest BCUT2D eigenvalue weighted by atomic mass is 10.0. The molecule has 0 radical (unpaired) electrons. The molecular formula is C17H28N2O2. The second-order valence-corrected chi connectivity index (χ2v) is 5.88. The molecule has 1 atom stereocenters. The number of ether oxygens (including phenoxy) is 2. The van der Waals surface area contributed by atoms with Crippen LogP contribution in [0.4, 0.5) is 0 Å². The molecule has 0 spiro atoms. The van der Waals surface area contributed by atoms with Gasteiger partial charge in [0.2, 0.25) is 0 Å². The van der Waals surface area contributed by atoms with Gasteiger partial charge in [-0.2, -0.15) is 0 Å². The summed E-state index contributed by atoms with van der Waals surface area (Å²) >= 11 is 0. The highest BCUT2D eigenvalue weighted by Crippen LogP contribution is 2.15. The van der Waals surface area contributed by atoms with Crippen molar-refractivity contribution in [2.75, 3.05) is 46.5 Å². The van der Waals surface area contributed by atoms with Crippen LogP contribution in [0, 0.1) is 5.92 Å². The van der Waals surface area contributed by atoms with Gasteiger partial charge in [0, 0.05) is 19.7 Å². The third kappa shape index (κ3) is 6.04. The Kier molecular flexibility index (Phi) is 7.00. The van der Waals surface area contributed by atoms with Crippen molar-refractivity contribution in [1.82, 2.24) is 4.90 Å². The number of hydrogen-bond donors (Lipinski definition) is 1. The molecule has 1 aromatic carbocycles. The summed E-state index contributed by atoms with van der Waals surface area (Å²) in [7, 11) is 2.16. The molecule has 4 nitrogen and oxygen atoms in total. The Labute approximate surface area is 128 Å². The highest BCUT2D eigenvalue weighted by Gasteiger charge is 2.15. The first-order valence-electron chi connectivity index (χ1n) is 7.96. The minimum atomic E-state index is 0.680. The van der Waals surface area contributed by atoms with Gasteiger partial charge in [-0.05, 0) is 56.5 Å². The normalized spacial score (nSPS) is 18.9. The van der Waals surface area contributed by atoms with E-state index in [1.807, 2.05) is 12.1 Å². The molecule has 0 saturated carbocycles. The summed E-state index contributed by atoms with van der Waals surface area (Å²) in [5.74, 6) is 1.62. The highest BCUT2D eigenvalue weighted by atomic mass is 16.5. The summed E-state index contributed by atoms with van der Waals surface area (Å²) in [6.07, 6.45) is 3.41. The number of likely N-dealkylation sites (N-methyl/N-ethyl adjacent to an activating group) is 1. The first-order valence-corrected chi connectivity index (χ1v) is 7.96. The summed E-state index contributed by atoms with van der Waals surface area (Å²) in [6, 6.07) is 8.23. The molecule has 118 valence electrons. The Bertz CT molecular complexity index is 388. The van der Waals surface area contributed by atoms with Gasteiger partial charge in [-0.3, -0.25) is 0 Å². The fraction of sp³-hybridized carbons (Fsp3) is 0.647. The molecular weight excluding hydrogens is 264 g/mol. The molecule has 1 aromatic rings. The van der Waals surface area contributed by atoms with Crippen LogP contribution in [0.3, 0.4) is 0 Å². The highest BCUT2D eigenvalue weighted by molar-refractivity contribution is 5.27. The van der Waals surface area contributed by atoms with Crippen molar-refractivity contribution >= 4 is 0 Å². The zero-order valence-electron chi connectivity index (χ0n) is 13.1. The van der Waals surface area contributed by atoms with Gasteiger partial charge in [0.15, 0.2) is 0 Å². The van der Waals surface area contributed by atoms with Gasteiger partial charge in [0.05, 0.1) is 6.61 Å². The standard InChI is InChI=1S/C17H28N2O2/c1-19(13-16-3-2-11-20-14-16)10-12-21-17-6-4-15(5-7-17)8-9-18/h4-7,16H,2-3,8-14,18H2,1H3. The van der Waals surface area contributed by atoms with Gasteiger partial charge >= 0.3 is 0 Å². The van der Waals surface area contributed by atoms with Crippen LogP contribution >= 0.6 is 0 Å². The molecule has 0 bridgehead atoms. The first-order chi connectivity index (χ1) is 10.3. The topological polar surface area (TPSA) is 47.7 Å². The minimum Gasteiger partial charge on any atom is -0.492 e. The van der Waals surface area contributed by atoms with Crippen LogP contribution in [-0.2, 0) is 11.2 Å². The van der Waals surface area contributed by atoms with E-state index in [0.29, 0.717) is 12.5 Å². The molecule has 1 fully saturated rings. The van der Waals surface area contributed by atoms with Gasteiger partial charge in [-0.25, -0.2) is 0 Å². The fourth-order valence-electron chi connectivity index (χ4n) is 2.72. The van der Waals surface area contributed by atoms with Gasteiger partial charge < -0.3 is 20.1 Å². The predicted octanol–water partition coefficient (Wildman–Crippen LogP) is 1.92. The van der Waals surface area contributed by atoms with Gasteiger partial charge in [-0.1, -0.05) is 12.1 Å². The Morgan fingerprint density at radius 1 is 1.33 bits per heavy atom. The van der Waals surface area contributed by atoms with E-state index < -0.39 is 0 Å². The van der Waals surface area contributed by atoms with Gasteiger partial charge in [0.1, 0.15) is 12.4 Å². The summed E-state index contributed by atoms with van der Waals surface area (Å²) in [4.78, 5) is 2.34. The van der Waals surface area contributed by atoms with Crippen molar-refractivity contribution < 1.29 is 9.47 Å². The zero-order valence-corrected chi connectivity index (χ0v) is 13.1. The zero-order chi connectivity index (χ0) is 14.9. The third-order valence-electron chi connectivity index (χ3n) is 3.92. The van der Waals surface area contributed by atoms with Gasteiger partial charge in [-0.15, -0.1) is 0 Å². The maximum Gasteiger partial charge on any atom is 0.119 e. The molecule has 1 heterocycles. The molecule has 21 heavy (non-hydrogen) atoms. The summed E-state index contributed by atoms with van der Waals surface area (Å²) < 4.78 is 11.3. The van der Waals surface area contributed by atoms with E-state index in [9.17, 15) is 0 Å². The van der Waals surface area contributed by atoms with Crippen molar-refractivity contribution in [3.63, 3.8) is 0 Å². The van der Waals surface area contributed by atoms with Crippen molar-refractivity contribution in [3.8, 4) is 5.75 Å². The molecule has 1 saturated heterocycles. The van der Waals surface area contributed by atoms with E-state index in [-0.39, 0.29) is 0 Å². The van der Waals surface area contributed by atoms with Crippen LogP contribution in [0.1, 0.15) is 18.4 Å². The molecule has 2 rings (SSSR count). The molecule has 2 N–H and O–H groups in total. The third-order valence-corrected chi connectivity index (χ3v) is 3.92. The number of nitrogens with zero attached hydrogens (tertiary/aromatic N) is 1. The lowest BCUT2D eigenvalue weighted by molar-refractivity contribution is 0.0405. The van der Waals surface area contributed by atoms with Crippen molar-refractivity contribution in [1.29, 1.82) is 0 Å². The molecule has 1 unspecified atom stereocenters. The van der Waals surface area contributed by atoms with Crippen LogP contribution in [0.2, 0.25) is 0 Å². The number of hydrogen-bond acceptors (Lipinski definition) is 4. The summed E-state index contributed by atoms with van der Waals surface area (Å²) in [6.45, 7) is 5.30. The fourth-order valence-corrected chi connectivity index (χ4v) is 2.72. The Morgan fingerprint density at radius 3 is 2.81 bits per heavy atom. The number of rotatable bonds is 8. The van der Waals surface area contributed by atoms with E-state index >= 15 is 0 Å². The molecule has 0 aromatic heterocycles. The molecule has 0 aliphatic carbocycles. The van der Waals surface area contributed by atoms with Crippen molar-refractivity contribution in [3.05, 3.63) is 29.8 Å². The molecule has 1 aliphatic rings. The number of nitrogens with two attached hydrogens (primary N) is 1. The summed E-state index contributed by atoms with van der Waals surface area (Å²) in [5, 5.41) is 0. The smallest absolute Gasteiger partial charge is 0.119 e. The summed E-state index contributed by atoms with van der Waals surface area (Å²) in [5.41, 5.74) is 6.81. The van der Waals surface area contributed by atoms with Gasteiger partial charge in [0.25, 0.3) is 0 Å². The lowest BCUT2D eigenvalue weighted by Crippen LogP contribution is -2.33. The van der Waals surface area contributed by atoms with Crippen LogP contribution in [0.15, 0.2) is 24.3 Å². The van der Waals surface area contributed by atoms with Crippen LogP contribution in [-0.4, -0.2) is 51.4 Å². The Hall–Kier alpha value is -1.10. The minimum absolute atomic E-state index is 0.680. The van der Waals surface area contributed by atoms with Crippen LogP contribution in [0.25, 0.3) is 0 Å². The quantitative estimate of drug-likeness (QED) is 0.795. The maximum absolute atomic E-state index is 5.79. The van der Waals surface area contributed by atoms with E-state index in [1.165, 1.54) is 18.4 Å². The largest absolute Gasteiger partial charge is 0.492 e. The molecule has 0 amide bonds. The average Bonchev–Trinajstić information content (AvgIpc) is 2.50. The predicted molar refractivity (Wildman–Crippen MR) is 85.7 cm³/mol. The SMILES string of the molecule is CN(CCOc1ccc(CCN)cc1)CC1CCCOC1. The van der Waals surface area contributed by atoms with Crippen LogP contribution < -0.4 is 10.5 Å².